The highest BCUT2D eigenvalue weighted by Gasteiger charge is 2.21. The Hall–Kier alpha value is -3.77. The molecule has 0 aliphatic heterocycles. The largest absolute Gasteiger partial charge is 0.309 e. The van der Waals surface area contributed by atoms with Crippen LogP contribution in [0.15, 0.2) is 85.3 Å². The number of H-pyrrole nitrogens is 1. The Bertz CT molecular complexity index is 1120. The molecule has 32 heavy (non-hydrogen) atoms. The average molecular weight is 426 g/mol. The molecular formula is C26H27N5O. The fraction of sp³-hybridized carbons (Fsp3) is 0.192. The number of carbonyl (C=O) groups is 1. The Kier molecular flexibility index (Phi) is 6.72. The number of hydrogen-bond donors (Lipinski definition) is 3. The third-order valence-corrected chi connectivity index (χ3v) is 5.52. The summed E-state index contributed by atoms with van der Waals surface area (Å²) < 4.78 is 0. The molecule has 2 atom stereocenters. The molecule has 2 aromatic carbocycles. The maximum atomic E-state index is 13.2. The monoisotopic (exact) mass is 425 g/mol. The SMILES string of the molecule is Cc1ccc([C@H](C)CN[C@H](C(=O)Nc2ccc(-c3cn[nH]c3)cn2)c2ccccc2)cc1. The number of hydrogen-bond acceptors (Lipinski definition) is 4. The summed E-state index contributed by atoms with van der Waals surface area (Å²) in [5, 5.41) is 13.1. The van der Waals surface area contributed by atoms with Crippen molar-refractivity contribution in [1.29, 1.82) is 0 Å². The molecule has 162 valence electrons. The lowest BCUT2D eigenvalue weighted by molar-refractivity contribution is -0.118. The molecule has 0 saturated heterocycles. The molecule has 4 rings (SSSR count). The second-order valence-corrected chi connectivity index (χ2v) is 7.97. The van der Waals surface area contributed by atoms with Gasteiger partial charge in [0.05, 0.1) is 6.20 Å². The van der Waals surface area contributed by atoms with E-state index >= 15 is 0 Å². The minimum atomic E-state index is -0.487. The maximum Gasteiger partial charge on any atom is 0.247 e. The van der Waals surface area contributed by atoms with E-state index in [9.17, 15) is 4.79 Å². The number of benzene rings is 2. The number of pyridine rings is 1. The Labute approximate surface area is 188 Å². The van der Waals surface area contributed by atoms with E-state index in [0.29, 0.717) is 12.4 Å². The van der Waals surface area contributed by atoms with Crippen LogP contribution in [0, 0.1) is 6.92 Å². The molecule has 0 spiro atoms. The van der Waals surface area contributed by atoms with E-state index in [1.807, 2.05) is 36.4 Å². The molecule has 2 aromatic heterocycles. The topological polar surface area (TPSA) is 82.7 Å². The number of aryl methyl sites for hydroxylation is 1. The second kappa shape index (κ2) is 10.0. The summed E-state index contributed by atoms with van der Waals surface area (Å²) in [7, 11) is 0. The van der Waals surface area contributed by atoms with Gasteiger partial charge in [0.25, 0.3) is 0 Å². The number of carbonyl (C=O) groups excluding carboxylic acids is 1. The van der Waals surface area contributed by atoms with Gasteiger partial charge in [0.15, 0.2) is 0 Å². The Morgan fingerprint density at radius 1 is 0.938 bits per heavy atom. The van der Waals surface area contributed by atoms with E-state index in [1.165, 1.54) is 11.1 Å². The normalized spacial score (nSPS) is 12.8. The van der Waals surface area contributed by atoms with Gasteiger partial charge in [-0.3, -0.25) is 9.89 Å². The number of aromatic amines is 1. The first kappa shape index (κ1) is 21.5. The quantitative estimate of drug-likeness (QED) is 0.377. The van der Waals surface area contributed by atoms with Crippen LogP contribution in [-0.2, 0) is 4.79 Å². The smallest absolute Gasteiger partial charge is 0.247 e. The Morgan fingerprint density at radius 3 is 2.38 bits per heavy atom. The molecular weight excluding hydrogens is 398 g/mol. The highest BCUT2D eigenvalue weighted by Crippen LogP contribution is 2.21. The van der Waals surface area contributed by atoms with E-state index in [4.69, 9.17) is 0 Å². The molecule has 6 heteroatoms. The molecule has 0 aliphatic rings. The summed E-state index contributed by atoms with van der Waals surface area (Å²) in [4.78, 5) is 17.6. The van der Waals surface area contributed by atoms with Gasteiger partial charge >= 0.3 is 0 Å². The van der Waals surface area contributed by atoms with Crippen molar-refractivity contribution in [2.24, 2.45) is 0 Å². The molecule has 6 nitrogen and oxygen atoms in total. The molecule has 4 aromatic rings. The fourth-order valence-electron chi connectivity index (χ4n) is 3.56. The summed E-state index contributed by atoms with van der Waals surface area (Å²) >= 11 is 0. The van der Waals surface area contributed by atoms with Gasteiger partial charge in [-0.1, -0.05) is 67.1 Å². The zero-order chi connectivity index (χ0) is 22.3. The van der Waals surface area contributed by atoms with Crippen LogP contribution in [0.2, 0.25) is 0 Å². The van der Waals surface area contributed by atoms with Crippen LogP contribution in [0.25, 0.3) is 11.1 Å². The highest BCUT2D eigenvalue weighted by molar-refractivity contribution is 5.95. The van der Waals surface area contributed by atoms with Crippen molar-refractivity contribution in [2.45, 2.75) is 25.8 Å². The number of anilines is 1. The minimum Gasteiger partial charge on any atom is -0.309 e. The zero-order valence-corrected chi connectivity index (χ0v) is 18.2. The van der Waals surface area contributed by atoms with E-state index < -0.39 is 6.04 Å². The van der Waals surface area contributed by atoms with Gasteiger partial charge in [-0.25, -0.2) is 4.98 Å². The predicted octanol–water partition coefficient (Wildman–Crippen LogP) is 4.85. The van der Waals surface area contributed by atoms with Crippen LogP contribution in [0.5, 0.6) is 0 Å². The van der Waals surface area contributed by atoms with Crippen LogP contribution in [0.4, 0.5) is 5.82 Å². The van der Waals surface area contributed by atoms with Gasteiger partial charge in [-0.05, 0) is 36.1 Å². The lowest BCUT2D eigenvalue weighted by atomic mass is 9.98. The van der Waals surface area contributed by atoms with Crippen LogP contribution in [0.1, 0.15) is 35.6 Å². The molecule has 0 radical (unpaired) electrons. The van der Waals surface area contributed by atoms with Crippen LogP contribution < -0.4 is 10.6 Å². The van der Waals surface area contributed by atoms with Crippen molar-refractivity contribution in [3.63, 3.8) is 0 Å². The lowest BCUT2D eigenvalue weighted by Gasteiger charge is -2.21. The predicted molar refractivity (Wildman–Crippen MR) is 127 cm³/mol. The maximum absolute atomic E-state index is 13.2. The van der Waals surface area contributed by atoms with Crippen molar-refractivity contribution in [1.82, 2.24) is 20.5 Å². The number of nitrogens with one attached hydrogen (secondary N) is 3. The van der Waals surface area contributed by atoms with Gasteiger partial charge < -0.3 is 10.6 Å². The van der Waals surface area contributed by atoms with Crippen molar-refractivity contribution >= 4 is 11.7 Å². The standard InChI is InChI=1S/C26H27N5O/c1-18-8-10-20(11-9-18)19(2)14-28-25(21-6-4-3-5-7-21)26(32)31-24-13-12-22(15-27-24)23-16-29-30-17-23/h3-13,15-17,19,25,28H,14H2,1-2H3,(H,29,30)(H,27,31,32)/t19-,25+/m1/s1. The molecule has 0 saturated carbocycles. The third kappa shape index (κ3) is 5.28. The molecule has 1 amide bonds. The van der Waals surface area contributed by atoms with Crippen molar-refractivity contribution in [2.75, 3.05) is 11.9 Å². The van der Waals surface area contributed by atoms with Gasteiger partial charge in [0.1, 0.15) is 11.9 Å². The van der Waals surface area contributed by atoms with Crippen LogP contribution >= 0.6 is 0 Å². The first-order chi connectivity index (χ1) is 15.6. The van der Waals surface area contributed by atoms with Gasteiger partial charge in [0, 0.05) is 30.1 Å². The van der Waals surface area contributed by atoms with Crippen LogP contribution in [-0.4, -0.2) is 27.6 Å². The second-order valence-electron chi connectivity index (χ2n) is 7.97. The average Bonchev–Trinajstić information content (AvgIpc) is 3.36. The first-order valence-electron chi connectivity index (χ1n) is 10.7. The molecule has 0 fully saturated rings. The highest BCUT2D eigenvalue weighted by atomic mass is 16.2. The molecule has 2 heterocycles. The summed E-state index contributed by atoms with van der Waals surface area (Å²) in [6, 6.07) is 21.5. The fourth-order valence-corrected chi connectivity index (χ4v) is 3.56. The van der Waals surface area contributed by atoms with Crippen molar-refractivity contribution in [3.8, 4) is 11.1 Å². The number of aromatic nitrogens is 3. The molecule has 0 unspecified atom stereocenters. The van der Waals surface area contributed by atoms with E-state index in [0.717, 1.165) is 16.7 Å². The van der Waals surface area contributed by atoms with Crippen molar-refractivity contribution in [3.05, 3.63) is 102 Å². The summed E-state index contributed by atoms with van der Waals surface area (Å²) in [6.45, 7) is 4.91. The lowest BCUT2D eigenvalue weighted by Crippen LogP contribution is -2.35. The Balaban J connectivity index is 1.46. The molecule has 0 aliphatic carbocycles. The first-order valence-corrected chi connectivity index (χ1v) is 10.7. The third-order valence-electron chi connectivity index (χ3n) is 5.52. The summed E-state index contributed by atoms with van der Waals surface area (Å²) in [5.74, 6) is 0.634. The summed E-state index contributed by atoms with van der Waals surface area (Å²) in [6.07, 6.45) is 5.27. The number of nitrogens with zero attached hydrogens (tertiary/aromatic N) is 2. The zero-order valence-electron chi connectivity index (χ0n) is 18.2. The van der Waals surface area contributed by atoms with Crippen LogP contribution in [0.3, 0.4) is 0 Å². The van der Waals surface area contributed by atoms with Gasteiger partial charge in [0.2, 0.25) is 5.91 Å². The molecule has 3 N–H and O–H groups in total. The van der Waals surface area contributed by atoms with Crippen molar-refractivity contribution < 1.29 is 4.79 Å². The number of amides is 1. The van der Waals surface area contributed by atoms with Gasteiger partial charge in [-0.2, -0.15) is 5.10 Å². The Morgan fingerprint density at radius 2 is 1.72 bits per heavy atom. The molecule has 0 bridgehead atoms. The summed E-state index contributed by atoms with van der Waals surface area (Å²) in [5.41, 5.74) is 5.27. The minimum absolute atomic E-state index is 0.143. The van der Waals surface area contributed by atoms with E-state index in [-0.39, 0.29) is 11.8 Å². The number of rotatable bonds is 8. The van der Waals surface area contributed by atoms with E-state index in [1.54, 1.807) is 24.7 Å². The van der Waals surface area contributed by atoms with E-state index in [2.05, 4.69) is 63.9 Å². The van der Waals surface area contributed by atoms with Gasteiger partial charge in [-0.15, -0.1) is 0 Å².